The lowest BCUT2D eigenvalue weighted by Gasteiger charge is -2.21. The van der Waals surface area contributed by atoms with Crippen molar-refractivity contribution in [2.45, 2.75) is 32.8 Å². The molecule has 1 aromatic carbocycles. The van der Waals surface area contributed by atoms with E-state index in [1.165, 1.54) is 6.07 Å². The summed E-state index contributed by atoms with van der Waals surface area (Å²) >= 11 is 3.28. The van der Waals surface area contributed by atoms with Crippen LogP contribution < -0.4 is 5.32 Å². The van der Waals surface area contributed by atoms with Gasteiger partial charge in [-0.1, -0.05) is 15.9 Å². The molecule has 0 aliphatic heterocycles. The molecule has 0 bridgehead atoms. The third-order valence-electron chi connectivity index (χ3n) is 2.71. The summed E-state index contributed by atoms with van der Waals surface area (Å²) < 4.78 is 19.6. The van der Waals surface area contributed by atoms with Crippen LogP contribution in [-0.4, -0.2) is 30.0 Å². The van der Waals surface area contributed by atoms with Crippen LogP contribution in [0.15, 0.2) is 22.7 Å². The number of aliphatic hydroxyl groups is 1. The molecule has 0 fully saturated rings. The molecule has 0 aliphatic rings. The van der Waals surface area contributed by atoms with E-state index in [2.05, 4.69) is 21.2 Å². The van der Waals surface area contributed by atoms with Crippen molar-refractivity contribution in [3.63, 3.8) is 0 Å². The second-order valence-electron chi connectivity index (χ2n) is 5.87. The van der Waals surface area contributed by atoms with Crippen LogP contribution in [0, 0.1) is 11.7 Å². The molecular weight excluding hydrogens is 341 g/mol. The minimum atomic E-state index is -0.574. The van der Waals surface area contributed by atoms with E-state index in [1.807, 2.05) is 0 Å². The molecule has 1 amide bonds. The normalized spacial score (nSPS) is 12.9. The van der Waals surface area contributed by atoms with Crippen LogP contribution in [0.2, 0.25) is 0 Å². The van der Waals surface area contributed by atoms with Gasteiger partial charge < -0.3 is 15.2 Å². The van der Waals surface area contributed by atoms with Crippen molar-refractivity contribution in [2.24, 2.45) is 5.92 Å². The number of alkyl carbamates (subject to hydrolysis) is 1. The van der Waals surface area contributed by atoms with Crippen molar-refractivity contribution in [2.75, 3.05) is 13.2 Å². The molecule has 4 nitrogen and oxygen atoms in total. The highest BCUT2D eigenvalue weighted by Crippen LogP contribution is 2.18. The number of nitrogens with one attached hydrogen (secondary N) is 1. The zero-order valence-electron chi connectivity index (χ0n) is 12.5. The van der Waals surface area contributed by atoms with Gasteiger partial charge in [0, 0.05) is 23.5 Å². The van der Waals surface area contributed by atoms with Crippen LogP contribution in [0.3, 0.4) is 0 Å². The summed E-state index contributed by atoms with van der Waals surface area (Å²) in [6.07, 6.45) is -0.215. The summed E-state index contributed by atoms with van der Waals surface area (Å²) in [5.41, 5.74) is -0.0794. The summed E-state index contributed by atoms with van der Waals surface area (Å²) in [5, 5.41) is 12.0. The Labute approximate surface area is 132 Å². The van der Waals surface area contributed by atoms with E-state index in [4.69, 9.17) is 4.74 Å². The second-order valence-corrected chi connectivity index (χ2v) is 6.79. The van der Waals surface area contributed by atoms with Gasteiger partial charge in [0.15, 0.2) is 0 Å². The molecule has 1 atom stereocenters. The van der Waals surface area contributed by atoms with Crippen molar-refractivity contribution in [3.05, 3.63) is 34.1 Å². The van der Waals surface area contributed by atoms with Gasteiger partial charge in [0.1, 0.15) is 11.4 Å². The van der Waals surface area contributed by atoms with Crippen LogP contribution in [0.5, 0.6) is 0 Å². The van der Waals surface area contributed by atoms with Crippen LogP contribution in [0.4, 0.5) is 9.18 Å². The maximum absolute atomic E-state index is 13.7. The fourth-order valence-corrected chi connectivity index (χ4v) is 2.16. The molecule has 1 rings (SSSR count). The van der Waals surface area contributed by atoms with Crippen LogP contribution in [0.25, 0.3) is 0 Å². The summed E-state index contributed by atoms with van der Waals surface area (Å²) in [6.45, 7) is 5.38. The number of rotatable bonds is 5. The molecule has 0 aromatic heterocycles. The molecule has 0 saturated heterocycles. The Morgan fingerprint density at radius 3 is 2.71 bits per heavy atom. The van der Waals surface area contributed by atoms with E-state index in [0.29, 0.717) is 12.0 Å². The number of carbonyl (C=O) groups excluding carboxylic acids is 1. The Morgan fingerprint density at radius 2 is 2.14 bits per heavy atom. The zero-order valence-corrected chi connectivity index (χ0v) is 14.0. The highest BCUT2D eigenvalue weighted by Gasteiger charge is 2.18. The lowest BCUT2D eigenvalue weighted by atomic mass is 9.99. The van der Waals surface area contributed by atoms with E-state index in [0.717, 1.165) is 4.47 Å². The molecule has 0 radical (unpaired) electrons. The average molecular weight is 362 g/mol. The average Bonchev–Trinajstić information content (AvgIpc) is 2.36. The number of ether oxygens (including phenoxy) is 1. The molecule has 0 heterocycles. The number of hydrogen-bond donors (Lipinski definition) is 2. The largest absolute Gasteiger partial charge is 0.444 e. The second kappa shape index (κ2) is 7.75. The first kappa shape index (κ1) is 17.9. The highest BCUT2D eigenvalue weighted by atomic mass is 79.9. The van der Waals surface area contributed by atoms with E-state index in [1.54, 1.807) is 32.9 Å². The molecule has 0 spiro atoms. The quantitative estimate of drug-likeness (QED) is 0.845. The lowest BCUT2D eigenvalue weighted by molar-refractivity contribution is 0.0512. The van der Waals surface area contributed by atoms with E-state index in [-0.39, 0.29) is 24.9 Å². The molecule has 21 heavy (non-hydrogen) atoms. The molecule has 118 valence electrons. The fourth-order valence-electron chi connectivity index (χ4n) is 1.75. The lowest BCUT2D eigenvalue weighted by Crippen LogP contribution is -2.36. The summed E-state index contributed by atoms with van der Waals surface area (Å²) in [4.78, 5) is 11.6. The maximum atomic E-state index is 13.7. The van der Waals surface area contributed by atoms with Gasteiger partial charge in [-0.25, -0.2) is 9.18 Å². The first-order valence-corrected chi connectivity index (χ1v) is 7.52. The first-order chi connectivity index (χ1) is 9.71. The Kier molecular flexibility index (Phi) is 6.61. The number of aliphatic hydroxyl groups excluding tert-OH is 1. The van der Waals surface area contributed by atoms with Gasteiger partial charge in [0.25, 0.3) is 0 Å². The molecule has 6 heteroatoms. The van der Waals surface area contributed by atoms with Gasteiger partial charge in [0.05, 0.1) is 0 Å². The molecule has 0 unspecified atom stereocenters. The number of hydrogen-bond acceptors (Lipinski definition) is 3. The van der Waals surface area contributed by atoms with Crippen molar-refractivity contribution >= 4 is 22.0 Å². The Hall–Kier alpha value is -1.14. The Balaban J connectivity index is 2.56. The van der Waals surface area contributed by atoms with Gasteiger partial charge in [-0.05, 0) is 51.0 Å². The summed E-state index contributed by atoms with van der Waals surface area (Å²) in [6, 6.07) is 4.66. The fraction of sp³-hybridized carbons (Fsp3) is 0.533. The molecule has 1 aromatic rings. The first-order valence-electron chi connectivity index (χ1n) is 6.73. The van der Waals surface area contributed by atoms with Crippen LogP contribution in [0.1, 0.15) is 26.3 Å². The number of amides is 1. The number of carbonyl (C=O) groups is 1. The minimum Gasteiger partial charge on any atom is -0.444 e. The van der Waals surface area contributed by atoms with Gasteiger partial charge in [-0.2, -0.15) is 0 Å². The third-order valence-corrected chi connectivity index (χ3v) is 3.20. The van der Waals surface area contributed by atoms with Gasteiger partial charge in [-0.3, -0.25) is 0 Å². The predicted molar refractivity (Wildman–Crippen MR) is 82.6 cm³/mol. The van der Waals surface area contributed by atoms with Crippen LogP contribution in [-0.2, 0) is 11.2 Å². The number of halogens is 2. The Morgan fingerprint density at radius 1 is 1.48 bits per heavy atom. The van der Waals surface area contributed by atoms with Gasteiger partial charge in [-0.15, -0.1) is 0 Å². The summed E-state index contributed by atoms with van der Waals surface area (Å²) in [5.74, 6) is -0.602. The predicted octanol–water partition coefficient (Wildman–Crippen LogP) is 3.26. The number of benzene rings is 1. The van der Waals surface area contributed by atoms with Crippen molar-refractivity contribution in [1.29, 1.82) is 0 Å². The molecule has 0 saturated carbocycles. The van der Waals surface area contributed by atoms with Crippen molar-refractivity contribution in [1.82, 2.24) is 5.32 Å². The van der Waals surface area contributed by atoms with Crippen molar-refractivity contribution < 1.29 is 19.0 Å². The molecule has 0 aliphatic carbocycles. The van der Waals surface area contributed by atoms with Gasteiger partial charge in [0.2, 0.25) is 0 Å². The highest BCUT2D eigenvalue weighted by molar-refractivity contribution is 9.10. The standard InChI is InChI=1S/C15H21BrFNO3/c1-15(2,3)21-14(20)18-8-10(9-19)6-11-7-12(16)4-5-13(11)17/h4-5,7,10,19H,6,8-9H2,1-3H3,(H,18,20)/t10-/m1/s1. The minimum absolute atomic E-state index is 0.151. The SMILES string of the molecule is CC(C)(C)OC(=O)NC[C@H](CO)Cc1cc(Br)ccc1F. The van der Waals surface area contributed by atoms with Gasteiger partial charge >= 0.3 is 6.09 Å². The van der Waals surface area contributed by atoms with E-state index in [9.17, 15) is 14.3 Å². The third kappa shape index (κ3) is 6.91. The smallest absolute Gasteiger partial charge is 0.407 e. The monoisotopic (exact) mass is 361 g/mol. The van der Waals surface area contributed by atoms with Crippen LogP contribution >= 0.6 is 15.9 Å². The maximum Gasteiger partial charge on any atom is 0.407 e. The molecular formula is C15H21BrFNO3. The summed E-state index contributed by atoms with van der Waals surface area (Å²) in [7, 11) is 0. The Bertz CT molecular complexity index is 488. The van der Waals surface area contributed by atoms with E-state index >= 15 is 0 Å². The zero-order chi connectivity index (χ0) is 16.0. The van der Waals surface area contributed by atoms with Crippen molar-refractivity contribution in [3.8, 4) is 0 Å². The van der Waals surface area contributed by atoms with E-state index < -0.39 is 11.7 Å². The topological polar surface area (TPSA) is 58.6 Å². The molecule has 2 N–H and O–H groups in total.